The minimum atomic E-state index is 0.111. The molecule has 1 aliphatic rings. The quantitative estimate of drug-likeness (QED) is 0.771. The van der Waals surface area contributed by atoms with E-state index in [1.807, 2.05) is 36.5 Å². The number of nitrogens with one attached hydrogen (secondary N) is 1. The molecule has 4 rings (SSSR count). The van der Waals surface area contributed by atoms with Gasteiger partial charge in [0.1, 0.15) is 5.82 Å². The van der Waals surface area contributed by atoms with Gasteiger partial charge >= 0.3 is 0 Å². The van der Waals surface area contributed by atoms with E-state index in [-0.39, 0.29) is 6.04 Å². The van der Waals surface area contributed by atoms with Crippen molar-refractivity contribution < 1.29 is 0 Å². The molecule has 120 valence electrons. The molecule has 0 fully saturated rings. The molecule has 1 aromatic carbocycles. The van der Waals surface area contributed by atoms with Crippen LogP contribution in [0.1, 0.15) is 30.1 Å². The van der Waals surface area contributed by atoms with Crippen LogP contribution in [0.2, 0.25) is 0 Å². The zero-order chi connectivity index (χ0) is 16.4. The topological polar surface area (TPSA) is 89.6 Å². The fraction of sp³-hybridized carbons (Fsp3) is 0.222. The molecule has 2 heterocycles. The largest absolute Gasteiger partial charge is 0.384 e. The number of hydrogen-bond acceptors (Lipinski definition) is 6. The number of nitrogens with zero attached hydrogens (tertiary/aromatic N) is 4. The molecular formula is C18H18N6. The first-order chi connectivity index (χ1) is 11.8. The number of aromatic nitrogens is 4. The Morgan fingerprint density at radius 2 is 1.92 bits per heavy atom. The molecule has 1 aliphatic carbocycles. The van der Waals surface area contributed by atoms with E-state index in [0.717, 1.165) is 41.9 Å². The van der Waals surface area contributed by atoms with Crippen molar-refractivity contribution in [2.45, 2.75) is 25.3 Å². The third kappa shape index (κ3) is 2.90. The first-order valence-corrected chi connectivity index (χ1v) is 8.06. The Balaban J connectivity index is 1.63. The molecular weight excluding hydrogens is 300 g/mol. The highest BCUT2D eigenvalue weighted by Gasteiger charge is 2.23. The molecule has 0 bridgehead atoms. The summed E-state index contributed by atoms with van der Waals surface area (Å²) in [6, 6.07) is 11.8. The highest BCUT2D eigenvalue weighted by molar-refractivity contribution is 5.55. The van der Waals surface area contributed by atoms with Gasteiger partial charge in [0.15, 0.2) is 5.82 Å². The summed E-state index contributed by atoms with van der Waals surface area (Å²) in [6.07, 6.45) is 6.61. The molecule has 3 N–H and O–H groups in total. The maximum Gasteiger partial charge on any atom is 0.225 e. The van der Waals surface area contributed by atoms with Gasteiger partial charge < -0.3 is 11.1 Å². The van der Waals surface area contributed by atoms with Crippen molar-refractivity contribution in [3.8, 4) is 11.4 Å². The SMILES string of the molecule is Nc1ccnc(N[C@@H]2CCCc3nc(-c4ccccc4)ncc32)n1. The van der Waals surface area contributed by atoms with Crippen LogP contribution in [-0.4, -0.2) is 19.9 Å². The fourth-order valence-corrected chi connectivity index (χ4v) is 3.02. The van der Waals surface area contributed by atoms with E-state index in [9.17, 15) is 0 Å². The molecule has 6 heteroatoms. The summed E-state index contributed by atoms with van der Waals surface area (Å²) in [7, 11) is 0. The Morgan fingerprint density at radius 3 is 2.75 bits per heavy atom. The van der Waals surface area contributed by atoms with Crippen LogP contribution in [0, 0.1) is 0 Å². The lowest BCUT2D eigenvalue weighted by Crippen LogP contribution is -2.20. The minimum Gasteiger partial charge on any atom is -0.384 e. The summed E-state index contributed by atoms with van der Waals surface area (Å²) < 4.78 is 0. The van der Waals surface area contributed by atoms with Crippen molar-refractivity contribution in [1.29, 1.82) is 0 Å². The molecule has 0 aliphatic heterocycles. The van der Waals surface area contributed by atoms with Crippen LogP contribution in [-0.2, 0) is 6.42 Å². The van der Waals surface area contributed by atoms with Crippen molar-refractivity contribution in [3.05, 3.63) is 60.0 Å². The van der Waals surface area contributed by atoms with E-state index >= 15 is 0 Å². The van der Waals surface area contributed by atoms with Gasteiger partial charge in [-0.2, -0.15) is 4.98 Å². The van der Waals surface area contributed by atoms with Crippen LogP contribution in [0.15, 0.2) is 48.8 Å². The Labute approximate surface area is 140 Å². The summed E-state index contributed by atoms with van der Waals surface area (Å²) in [4.78, 5) is 17.8. The molecule has 1 atom stereocenters. The maximum absolute atomic E-state index is 5.73. The summed E-state index contributed by atoms with van der Waals surface area (Å²) in [5.41, 5.74) is 8.97. The summed E-state index contributed by atoms with van der Waals surface area (Å²) in [5, 5.41) is 3.35. The molecule has 6 nitrogen and oxygen atoms in total. The van der Waals surface area contributed by atoms with Crippen LogP contribution in [0.5, 0.6) is 0 Å². The van der Waals surface area contributed by atoms with Gasteiger partial charge in [-0.25, -0.2) is 15.0 Å². The zero-order valence-electron chi connectivity index (χ0n) is 13.2. The van der Waals surface area contributed by atoms with Crippen molar-refractivity contribution in [2.75, 3.05) is 11.1 Å². The fourth-order valence-electron chi connectivity index (χ4n) is 3.02. The number of aryl methyl sites for hydroxylation is 1. The number of hydrogen-bond donors (Lipinski definition) is 2. The van der Waals surface area contributed by atoms with Gasteiger partial charge in [-0.05, 0) is 25.3 Å². The maximum atomic E-state index is 5.73. The number of nitrogens with two attached hydrogens (primary N) is 1. The molecule has 0 radical (unpaired) electrons. The molecule has 24 heavy (non-hydrogen) atoms. The Morgan fingerprint density at radius 1 is 1.04 bits per heavy atom. The van der Waals surface area contributed by atoms with Gasteiger partial charge in [-0.1, -0.05) is 30.3 Å². The normalized spacial score (nSPS) is 16.4. The lowest BCUT2D eigenvalue weighted by atomic mass is 9.92. The van der Waals surface area contributed by atoms with E-state index in [1.165, 1.54) is 0 Å². The predicted molar refractivity (Wildman–Crippen MR) is 93.2 cm³/mol. The van der Waals surface area contributed by atoms with Crippen LogP contribution >= 0.6 is 0 Å². The summed E-state index contributed by atoms with van der Waals surface area (Å²) >= 11 is 0. The minimum absolute atomic E-state index is 0.111. The van der Waals surface area contributed by atoms with Gasteiger partial charge in [0, 0.05) is 29.2 Å². The second kappa shape index (κ2) is 6.23. The molecule has 0 unspecified atom stereocenters. The Kier molecular flexibility index (Phi) is 3.78. The molecule has 2 aromatic heterocycles. The van der Waals surface area contributed by atoms with Gasteiger partial charge in [0.2, 0.25) is 5.95 Å². The van der Waals surface area contributed by atoms with E-state index in [2.05, 4.69) is 20.3 Å². The lowest BCUT2D eigenvalue weighted by Gasteiger charge is -2.25. The Bertz CT molecular complexity index is 849. The number of fused-ring (bicyclic) bond motifs is 1. The Hall–Kier alpha value is -3.02. The summed E-state index contributed by atoms with van der Waals surface area (Å²) in [6.45, 7) is 0. The van der Waals surface area contributed by atoms with Crippen molar-refractivity contribution in [1.82, 2.24) is 19.9 Å². The molecule has 0 amide bonds. The molecule has 0 spiro atoms. The first-order valence-electron chi connectivity index (χ1n) is 8.06. The van der Waals surface area contributed by atoms with Crippen molar-refractivity contribution >= 4 is 11.8 Å². The number of benzene rings is 1. The average Bonchev–Trinajstić information content (AvgIpc) is 2.62. The number of rotatable bonds is 3. The predicted octanol–water partition coefficient (Wildman–Crippen LogP) is 3.01. The van der Waals surface area contributed by atoms with Crippen LogP contribution in [0.4, 0.5) is 11.8 Å². The third-order valence-electron chi connectivity index (χ3n) is 4.19. The van der Waals surface area contributed by atoms with Crippen LogP contribution in [0.3, 0.4) is 0 Å². The zero-order valence-corrected chi connectivity index (χ0v) is 13.2. The highest BCUT2D eigenvalue weighted by atomic mass is 15.1. The van der Waals surface area contributed by atoms with Crippen molar-refractivity contribution in [2.24, 2.45) is 0 Å². The highest BCUT2D eigenvalue weighted by Crippen LogP contribution is 2.31. The van der Waals surface area contributed by atoms with Crippen LogP contribution in [0.25, 0.3) is 11.4 Å². The molecule has 0 saturated heterocycles. The standard InChI is InChI=1S/C18H18N6/c19-16-9-10-20-18(24-16)23-15-8-4-7-14-13(15)11-21-17(22-14)12-5-2-1-3-6-12/h1-3,5-6,9-11,15H,4,7-8H2,(H3,19,20,23,24)/t15-/m1/s1. The number of anilines is 2. The van der Waals surface area contributed by atoms with Gasteiger partial charge in [0.25, 0.3) is 0 Å². The monoisotopic (exact) mass is 318 g/mol. The molecule has 3 aromatic rings. The third-order valence-corrected chi connectivity index (χ3v) is 4.19. The van der Waals surface area contributed by atoms with E-state index in [4.69, 9.17) is 10.7 Å². The second-order valence-corrected chi connectivity index (χ2v) is 5.86. The molecule has 0 saturated carbocycles. The van der Waals surface area contributed by atoms with Crippen molar-refractivity contribution in [3.63, 3.8) is 0 Å². The van der Waals surface area contributed by atoms with Gasteiger partial charge in [0.05, 0.1) is 6.04 Å². The first kappa shape index (κ1) is 14.6. The van der Waals surface area contributed by atoms with Crippen LogP contribution < -0.4 is 11.1 Å². The number of nitrogen functional groups attached to an aromatic ring is 1. The second-order valence-electron chi connectivity index (χ2n) is 5.86. The van der Waals surface area contributed by atoms with Gasteiger partial charge in [-0.3, -0.25) is 0 Å². The average molecular weight is 318 g/mol. The summed E-state index contributed by atoms with van der Waals surface area (Å²) in [5.74, 6) is 1.77. The van der Waals surface area contributed by atoms with E-state index in [0.29, 0.717) is 11.8 Å². The smallest absolute Gasteiger partial charge is 0.225 e. The van der Waals surface area contributed by atoms with Gasteiger partial charge in [-0.15, -0.1) is 0 Å². The van der Waals surface area contributed by atoms with E-state index < -0.39 is 0 Å². The lowest BCUT2D eigenvalue weighted by molar-refractivity contribution is 0.581. The van der Waals surface area contributed by atoms with E-state index in [1.54, 1.807) is 12.3 Å².